The quantitative estimate of drug-likeness (QED) is 0.377. The molecule has 1 aromatic rings. The topological polar surface area (TPSA) is 170 Å². The van der Waals surface area contributed by atoms with Crippen LogP contribution in [0.25, 0.3) is 0 Å². The van der Waals surface area contributed by atoms with E-state index in [1.165, 1.54) is 18.2 Å². The van der Waals surface area contributed by atoms with Gasteiger partial charge in [-0.2, -0.15) is 0 Å². The van der Waals surface area contributed by atoms with Gasteiger partial charge in [-0.3, -0.25) is 14.4 Å². The molecule has 13 nitrogen and oxygen atoms in total. The molecule has 0 aromatic heterocycles. The Balaban J connectivity index is 2.60. The molecule has 0 aliphatic carbocycles. The number of aliphatic hydroxyl groups is 1. The molecule has 0 amide bonds. The molecule has 1 aromatic carbocycles. The van der Waals surface area contributed by atoms with Crippen LogP contribution in [0.1, 0.15) is 36.7 Å². The van der Waals surface area contributed by atoms with Crippen LogP contribution in [0.4, 0.5) is 0 Å². The largest absolute Gasteiger partial charge is 0.467 e. The molecule has 0 bridgehead atoms. The predicted molar refractivity (Wildman–Crippen MR) is 112 cm³/mol. The number of carbonyl (C=O) groups excluding carboxylic acids is 5. The van der Waals surface area contributed by atoms with E-state index in [-0.39, 0.29) is 17.9 Å². The Kier molecular flexibility index (Phi) is 9.54. The van der Waals surface area contributed by atoms with Crippen LogP contribution < -0.4 is 4.74 Å². The van der Waals surface area contributed by atoms with Gasteiger partial charge in [0, 0.05) is 20.8 Å². The monoisotopic (exact) mass is 498 g/mol. The summed E-state index contributed by atoms with van der Waals surface area (Å²) in [6, 6.07) is 4.06. The first-order valence-corrected chi connectivity index (χ1v) is 10.3. The molecule has 5 atom stereocenters. The van der Waals surface area contributed by atoms with Crippen molar-refractivity contribution in [3.8, 4) is 5.75 Å². The summed E-state index contributed by atoms with van der Waals surface area (Å²) in [6.45, 7) is 2.78. The molecule has 2 rings (SSSR count). The maximum absolute atomic E-state index is 12.5. The molecule has 1 N–H and O–H groups in total. The smallest absolute Gasteiger partial charge is 0.341 e. The lowest BCUT2D eigenvalue weighted by molar-refractivity contribution is -0.282. The summed E-state index contributed by atoms with van der Waals surface area (Å²) in [4.78, 5) is 60.2. The van der Waals surface area contributed by atoms with Crippen molar-refractivity contribution in [1.29, 1.82) is 0 Å². The number of ether oxygens (including phenoxy) is 7. The Morgan fingerprint density at radius 3 is 1.94 bits per heavy atom. The van der Waals surface area contributed by atoms with Gasteiger partial charge in [0.25, 0.3) is 0 Å². The second-order valence-corrected chi connectivity index (χ2v) is 7.27. The number of aliphatic hydroxyl groups excluding tert-OH is 1. The minimum Gasteiger partial charge on any atom is -0.467 e. The van der Waals surface area contributed by atoms with Gasteiger partial charge in [0.15, 0.2) is 18.3 Å². The summed E-state index contributed by atoms with van der Waals surface area (Å²) >= 11 is 0. The summed E-state index contributed by atoms with van der Waals surface area (Å²) in [7, 11) is 2.18. The van der Waals surface area contributed by atoms with E-state index in [9.17, 15) is 29.1 Å². The van der Waals surface area contributed by atoms with Crippen molar-refractivity contribution in [1.82, 2.24) is 0 Å². The van der Waals surface area contributed by atoms with Gasteiger partial charge in [0.1, 0.15) is 11.3 Å². The summed E-state index contributed by atoms with van der Waals surface area (Å²) in [6.07, 6.45) is -7.98. The number of benzene rings is 1. The van der Waals surface area contributed by atoms with Gasteiger partial charge >= 0.3 is 29.8 Å². The lowest BCUT2D eigenvalue weighted by Crippen LogP contribution is -2.64. The van der Waals surface area contributed by atoms with Crippen LogP contribution in [-0.2, 0) is 54.2 Å². The molecule has 1 fully saturated rings. The standard InChI is InChI=1S/C22H26O13/c1-10(24)31-16-17(32-11(2)25)19(33-12(3)26)22(35-18(16)21(28)30-5)34-15-7-6-13(9-23)8-14(15)20(27)29-4/h6-8,16-19,22-23H,9H2,1-5H3/t16-,17-,18-,19+,22+/m0/s1. The third-order valence-electron chi connectivity index (χ3n) is 4.71. The molecule has 1 aliphatic rings. The second kappa shape index (κ2) is 12.1. The van der Waals surface area contributed by atoms with Crippen LogP contribution in [0.2, 0.25) is 0 Å². The maximum atomic E-state index is 12.5. The Labute approximate surface area is 200 Å². The number of rotatable bonds is 8. The van der Waals surface area contributed by atoms with Crippen LogP contribution in [0.5, 0.6) is 5.75 Å². The van der Waals surface area contributed by atoms with E-state index >= 15 is 0 Å². The summed E-state index contributed by atoms with van der Waals surface area (Å²) < 4.78 is 36.6. The zero-order chi connectivity index (χ0) is 26.3. The Morgan fingerprint density at radius 1 is 0.857 bits per heavy atom. The van der Waals surface area contributed by atoms with E-state index in [2.05, 4.69) is 0 Å². The van der Waals surface area contributed by atoms with Gasteiger partial charge in [-0.1, -0.05) is 6.07 Å². The van der Waals surface area contributed by atoms with Crippen LogP contribution in [0.15, 0.2) is 18.2 Å². The average Bonchev–Trinajstić information content (AvgIpc) is 2.80. The summed E-state index contributed by atoms with van der Waals surface area (Å²) in [5, 5.41) is 9.40. The molecule has 0 spiro atoms. The van der Waals surface area contributed by atoms with Crippen LogP contribution in [0, 0.1) is 0 Å². The maximum Gasteiger partial charge on any atom is 0.341 e. The van der Waals surface area contributed by atoms with Crippen molar-refractivity contribution in [2.45, 2.75) is 58.1 Å². The van der Waals surface area contributed by atoms with Crippen molar-refractivity contribution < 1.29 is 62.2 Å². The van der Waals surface area contributed by atoms with Gasteiger partial charge in [-0.15, -0.1) is 0 Å². The molecular weight excluding hydrogens is 472 g/mol. The number of hydrogen-bond donors (Lipinski definition) is 1. The average molecular weight is 498 g/mol. The summed E-state index contributed by atoms with van der Waals surface area (Å²) in [5.41, 5.74) is 0.240. The van der Waals surface area contributed by atoms with Gasteiger partial charge in [-0.05, 0) is 17.7 Å². The molecule has 0 radical (unpaired) electrons. The molecule has 35 heavy (non-hydrogen) atoms. The Morgan fingerprint density at radius 2 is 1.43 bits per heavy atom. The van der Waals surface area contributed by atoms with Crippen LogP contribution in [-0.4, -0.2) is 79.9 Å². The van der Waals surface area contributed by atoms with E-state index < -0.39 is 60.6 Å². The Bertz CT molecular complexity index is 972. The number of esters is 5. The fourth-order valence-corrected chi connectivity index (χ4v) is 3.35. The van der Waals surface area contributed by atoms with E-state index in [1.807, 2.05) is 0 Å². The number of hydrogen-bond acceptors (Lipinski definition) is 13. The van der Waals surface area contributed by atoms with E-state index in [1.54, 1.807) is 0 Å². The molecule has 0 saturated carbocycles. The van der Waals surface area contributed by atoms with Crippen molar-refractivity contribution in [2.75, 3.05) is 14.2 Å². The van der Waals surface area contributed by atoms with Gasteiger partial charge in [-0.25, -0.2) is 9.59 Å². The molecule has 13 heteroatoms. The van der Waals surface area contributed by atoms with Gasteiger partial charge < -0.3 is 38.3 Å². The van der Waals surface area contributed by atoms with Crippen LogP contribution in [0.3, 0.4) is 0 Å². The lowest BCUT2D eigenvalue weighted by Gasteiger charge is -2.43. The highest BCUT2D eigenvalue weighted by Crippen LogP contribution is 2.32. The first-order valence-electron chi connectivity index (χ1n) is 10.3. The van der Waals surface area contributed by atoms with Crippen molar-refractivity contribution in [3.63, 3.8) is 0 Å². The number of methoxy groups -OCH3 is 2. The fraction of sp³-hybridized carbons (Fsp3) is 0.500. The first-order chi connectivity index (χ1) is 16.5. The minimum atomic E-state index is -1.66. The zero-order valence-electron chi connectivity index (χ0n) is 19.7. The predicted octanol–water partition coefficient (Wildman–Crippen LogP) is 0.0373. The first kappa shape index (κ1) is 27.5. The highest BCUT2D eigenvalue weighted by Gasteiger charge is 2.56. The highest BCUT2D eigenvalue weighted by atomic mass is 16.7. The SMILES string of the molecule is COC(=O)c1cc(CO)ccc1O[C@@H]1O[C@H](C(=O)OC)[C@@H](OC(C)=O)[C@H](OC(C)=O)[C@H]1OC(C)=O. The van der Waals surface area contributed by atoms with Gasteiger partial charge in [0.2, 0.25) is 12.4 Å². The zero-order valence-corrected chi connectivity index (χ0v) is 19.7. The fourth-order valence-electron chi connectivity index (χ4n) is 3.35. The van der Waals surface area contributed by atoms with E-state index in [0.29, 0.717) is 5.56 Å². The third-order valence-corrected chi connectivity index (χ3v) is 4.71. The molecule has 0 unspecified atom stereocenters. The van der Waals surface area contributed by atoms with Crippen molar-refractivity contribution >= 4 is 29.8 Å². The molecule has 1 heterocycles. The van der Waals surface area contributed by atoms with E-state index in [0.717, 1.165) is 35.0 Å². The number of carbonyl (C=O) groups is 5. The molecular formula is C22H26O13. The second-order valence-electron chi connectivity index (χ2n) is 7.27. The van der Waals surface area contributed by atoms with Crippen LogP contribution >= 0.6 is 0 Å². The minimum absolute atomic E-state index is 0.120. The summed E-state index contributed by atoms with van der Waals surface area (Å²) in [5.74, 6) is -4.51. The molecule has 1 aliphatic heterocycles. The molecule has 1 saturated heterocycles. The lowest BCUT2D eigenvalue weighted by atomic mass is 9.97. The highest BCUT2D eigenvalue weighted by molar-refractivity contribution is 5.92. The Hall–Kier alpha value is -3.71. The van der Waals surface area contributed by atoms with Crippen molar-refractivity contribution in [2.24, 2.45) is 0 Å². The normalized spacial score (nSPS) is 23.4. The van der Waals surface area contributed by atoms with E-state index in [4.69, 9.17) is 33.2 Å². The third kappa shape index (κ3) is 6.90. The van der Waals surface area contributed by atoms with Crippen molar-refractivity contribution in [3.05, 3.63) is 29.3 Å². The van der Waals surface area contributed by atoms with Gasteiger partial charge in [0.05, 0.1) is 20.8 Å². The molecule has 192 valence electrons.